The molecule has 1 aromatic heterocycles. The summed E-state index contributed by atoms with van der Waals surface area (Å²) in [6.07, 6.45) is 1.74. The Morgan fingerprint density at radius 2 is 1.79 bits per heavy atom. The van der Waals surface area contributed by atoms with Crippen molar-refractivity contribution in [3.63, 3.8) is 0 Å². The van der Waals surface area contributed by atoms with Crippen LogP contribution < -0.4 is 5.32 Å². The topological polar surface area (TPSA) is 85.6 Å². The molecule has 5 heteroatoms. The van der Waals surface area contributed by atoms with Crippen LogP contribution in [-0.2, 0) is 6.54 Å². The first-order chi connectivity index (χ1) is 9.23. The van der Waals surface area contributed by atoms with E-state index < -0.39 is 5.54 Å². The first-order valence-electron chi connectivity index (χ1n) is 6.14. The van der Waals surface area contributed by atoms with Crippen LogP contribution >= 0.6 is 0 Å². The molecule has 0 aliphatic carbocycles. The van der Waals surface area contributed by atoms with Gasteiger partial charge >= 0.3 is 0 Å². The number of rotatable bonds is 6. The Hall–Kier alpha value is -1.53. The van der Waals surface area contributed by atoms with Gasteiger partial charge < -0.3 is 20.6 Å². The lowest BCUT2D eigenvalue weighted by Gasteiger charge is -2.28. The predicted octanol–water partition coefficient (Wildman–Crippen LogP) is 0.0401. The van der Waals surface area contributed by atoms with Gasteiger partial charge in [0.25, 0.3) is 0 Å². The molecule has 0 unspecified atom stereocenters. The summed E-state index contributed by atoms with van der Waals surface area (Å²) in [5.41, 5.74) is 0.869. The Labute approximate surface area is 111 Å². The molecule has 0 saturated carbocycles. The smallest absolute Gasteiger partial charge is 0.0884 e. The summed E-state index contributed by atoms with van der Waals surface area (Å²) in [4.78, 5) is 4.24. The van der Waals surface area contributed by atoms with Gasteiger partial charge in [-0.05, 0) is 23.8 Å². The average Bonchev–Trinajstić information content (AvgIpc) is 2.49. The van der Waals surface area contributed by atoms with E-state index in [1.54, 1.807) is 6.20 Å². The zero-order valence-corrected chi connectivity index (χ0v) is 10.6. The molecule has 0 fully saturated rings. The number of aromatic nitrogens is 1. The second-order valence-electron chi connectivity index (χ2n) is 4.64. The van der Waals surface area contributed by atoms with Gasteiger partial charge in [0.2, 0.25) is 0 Å². The molecule has 2 rings (SSSR count). The van der Waals surface area contributed by atoms with Gasteiger partial charge in [0.05, 0.1) is 30.9 Å². The highest BCUT2D eigenvalue weighted by atomic mass is 16.3. The van der Waals surface area contributed by atoms with E-state index in [9.17, 15) is 15.3 Å². The maximum absolute atomic E-state index is 9.23. The van der Waals surface area contributed by atoms with Crippen LogP contribution in [0, 0.1) is 0 Å². The monoisotopic (exact) mass is 262 g/mol. The van der Waals surface area contributed by atoms with E-state index in [1.165, 1.54) is 0 Å². The number of fused-ring (bicyclic) bond motifs is 1. The minimum absolute atomic E-state index is 0.324. The summed E-state index contributed by atoms with van der Waals surface area (Å²) in [6.45, 7) is -0.522. The highest BCUT2D eigenvalue weighted by Crippen LogP contribution is 2.14. The number of hydrogen-bond donors (Lipinski definition) is 4. The van der Waals surface area contributed by atoms with Crippen LogP contribution in [0.25, 0.3) is 10.9 Å². The lowest BCUT2D eigenvalue weighted by molar-refractivity contribution is 0.0414. The van der Waals surface area contributed by atoms with Crippen LogP contribution in [0.1, 0.15) is 5.56 Å². The highest BCUT2D eigenvalue weighted by Gasteiger charge is 2.26. The molecule has 0 aliphatic rings. The Morgan fingerprint density at radius 1 is 1.05 bits per heavy atom. The fourth-order valence-corrected chi connectivity index (χ4v) is 1.84. The molecular formula is C14H18N2O3. The molecule has 4 N–H and O–H groups in total. The molecule has 0 radical (unpaired) electrons. The molecule has 0 saturated heterocycles. The Balaban J connectivity index is 2.13. The number of hydrogen-bond acceptors (Lipinski definition) is 5. The number of nitrogens with zero attached hydrogens (tertiary/aromatic N) is 1. The second-order valence-corrected chi connectivity index (χ2v) is 4.64. The van der Waals surface area contributed by atoms with E-state index in [2.05, 4.69) is 10.3 Å². The molecule has 1 aromatic carbocycles. The van der Waals surface area contributed by atoms with E-state index in [1.807, 2.05) is 30.3 Å². The molecule has 5 nitrogen and oxygen atoms in total. The van der Waals surface area contributed by atoms with Crippen molar-refractivity contribution in [2.75, 3.05) is 19.8 Å². The van der Waals surface area contributed by atoms with E-state index in [0.717, 1.165) is 16.5 Å². The third-order valence-corrected chi connectivity index (χ3v) is 3.24. The van der Waals surface area contributed by atoms with Gasteiger partial charge in [0.1, 0.15) is 0 Å². The van der Waals surface area contributed by atoms with Crippen LogP contribution in [0.4, 0.5) is 0 Å². The van der Waals surface area contributed by atoms with Gasteiger partial charge in [-0.1, -0.05) is 12.1 Å². The Bertz CT molecular complexity index is 533. The first-order valence-corrected chi connectivity index (χ1v) is 6.14. The van der Waals surface area contributed by atoms with Crippen LogP contribution in [0.3, 0.4) is 0 Å². The zero-order chi connectivity index (χ0) is 13.7. The van der Waals surface area contributed by atoms with Crippen molar-refractivity contribution in [2.45, 2.75) is 12.1 Å². The van der Waals surface area contributed by atoms with Crippen LogP contribution in [0.15, 0.2) is 36.5 Å². The number of pyridine rings is 1. The highest BCUT2D eigenvalue weighted by molar-refractivity contribution is 5.78. The molecule has 0 amide bonds. The molecule has 1 heterocycles. The molecule has 0 atom stereocenters. The fourth-order valence-electron chi connectivity index (χ4n) is 1.84. The summed E-state index contributed by atoms with van der Waals surface area (Å²) >= 11 is 0. The number of benzene rings is 1. The van der Waals surface area contributed by atoms with Crippen molar-refractivity contribution in [2.24, 2.45) is 0 Å². The summed E-state index contributed by atoms with van der Waals surface area (Å²) in [5.74, 6) is 0. The van der Waals surface area contributed by atoms with E-state index in [0.29, 0.717) is 6.54 Å². The Morgan fingerprint density at radius 3 is 2.47 bits per heavy atom. The summed E-state index contributed by atoms with van der Waals surface area (Å²) in [7, 11) is 0. The van der Waals surface area contributed by atoms with Crippen molar-refractivity contribution in [3.8, 4) is 0 Å². The summed E-state index contributed by atoms with van der Waals surface area (Å²) in [6, 6.07) is 9.69. The summed E-state index contributed by atoms with van der Waals surface area (Å²) < 4.78 is 0. The van der Waals surface area contributed by atoms with Crippen LogP contribution in [-0.4, -0.2) is 45.7 Å². The molecule has 19 heavy (non-hydrogen) atoms. The van der Waals surface area contributed by atoms with Crippen molar-refractivity contribution in [1.82, 2.24) is 10.3 Å². The molecule has 0 aliphatic heterocycles. The minimum atomic E-state index is -1.05. The van der Waals surface area contributed by atoms with Crippen molar-refractivity contribution < 1.29 is 15.3 Å². The van der Waals surface area contributed by atoms with Crippen molar-refractivity contribution in [3.05, 3.63) is 42.1 Å². The first kappa shape index (κ1) is 13.9. The summed E-state index contributed by atoms with van der Waals surface area (Å²) in [5, 5.41) is 31.7. The normalized spacial score (nSPS) is 11.9. The maximum Gasteiger partial charge on any atom is 0.0884 e. The van der Waals surface area contributed by atoms with Gasteiger partial charge in [-0.3, -0.25) is 4.98 Å². The van der Waals surface area contributed by atoms with E-state index in [-0.39, 0.29) is 19.8 Å². The van der Waals surface area contributed by atoms with Crippen LogP contribution in [0.2, 0.25) is 0 Å². The van der Waals surface area contributed by atoms with Crippen LogP contribution in [0.5, 0.6) is 0 Å². The van der Waals surface area contributed by atoms with Gasteiger partial charge in [-0.15, -0.1) is 0 Å². The molecule has 2 aromatic rings. The fraction of sp³-hybridized carbons (Fsp3) is 0.357. The molecule has 0 bridgehead atoms. The van der Waals surface area contributed by atoms with Crippen molar-refractivity contribution >= 4 is 10.9 Å². The third kappa shape index (κ3) is 3.08. The van der Waals surface area contributed by atoms with Gasteiger partial charge in [-0.25, -0.2) is 0 Å². The Kier molecular flexibility index (Phi) is 4.44. The zero-order valence-electron chi connectivity index (χ0n) is 10.6. The largest absolute Gasteiger partial charge is 0.394 e. The minimum Gasteiger partial charge on any atom is -0.394 e. The number of nitrogens with one attached hydrogen (secondary N) is 1. The lowest BCUT2D eigenvalue weighted by atomic mass is 10.0. The lowest BCUT2D eigenvalue weighted by Crippen LogP contribution is -2.54. The van der Waals surface area contributed by atoms with E-state index in [4.69, 9.17) is 0 Å². The standard InChI is InChI=1S/C14H18N2O3/c17-8-14(9-18,10-19)16-7-11-3-4-13-12(6-11)2-1-5-15-13/h1-6,16-19H,7-10H2. The number of aliphatic hydroxyl groups is 3. The predicted molar refractivity (Wildman–Crippen MR) is 72.6 cm³/mol. The SMILES string of the molecule is OCC(CO)(CO)NCc1ccc2ncccc2c1. The maximum atomic E-state index is 9.23. The molecular weight excluding hydrogens is 244 g/mol. The second kappa shape index (κ2) is 6.08. The van der Waals surface area contributed by atoms with Gasteiger partial charge in [-0.2, -0.15) is 0 Å². The average molecular weight is 262 g/mol. The molecule has 102 valence electrons. The van der Waals surface area contributed by atoms with Gasteiger partial charge in [0.15, 0.2) is 0 Å². The molecule has 0 spiro atoms. The number of aliphatic hydroxyl groups excluding tert-OH is 3. The van der Waals surface area contributed by atoms with Gasteiger partial charge in [0, 0.05) is 18.1 Å². The quantitative estimate of drug-likeness (QED) is 0.590. The van der Waals surface area contributed by atoms with Crippen molar-refractivity contribution in [1.29, 1.82) is 0 Å². The third-order valence-electron chi connectivity index (χ3n) is 3.24. The van der Waals surface area contributed by atoms with E-state index >= 15 is 0 Å².